The summed E-state index contributed by atoms with van der Waals surface area (Å²) in [4.78, 5) is 19.2. The molecule has 2 atom stereocenters. The molecule has 1 aliphatic heterocycles. The lowest BCUT2D eigenvalue weighted by Gasteiger charge is -2.36. The Kier molecular flexibility index (Phi) is 4.85. The molecule has 8 heteroatoms. The largest absolute Gasteiger partial charge is 0.461 e. The van der Waals surface area contributed by atoms with E-state index in [1.54, 1.807) is 37.1 Å². The van der Waals surface area contributed by atoms with Gasteiger partial charge >= 0.3 is 0 Å². The number of aliphatic hydroxyl groups is 1. The number of β-amino-alcohol motifs (C(OH)–C–C–N with tert-alkyl or cyclic N) is 1. The van der Waals surface area contributed by atoms with Crippen molar-refractivity contribution >= 4 is 5.95 Å². The van der Waals surface area contributed by atoms with E-state index < -0.39 is 6.10 Å². The zero-order valence-electron chi connectivity index (χ0n) is 14.2. The Balaban J connectivity index is 1.33. The highest BCUT2D eigenvalue weighted by atomic mass is 16.3. The second-order valence-electron chi connectivity index (χ2n) is 6.31. The van der Waals surface area contributed by atoms with Gasteiger partial charge in [0.15, 0.2) is 11.6 Å². The first-order valence-corrected chi connectivity index (χ1v) is 8.57. The van der Waals surface area contributed by atoms with Gasteiger partial charge < -0.3 is 14.8 Å². The van der Waals surface area contributed by atoms with Gasteiger partial charge in [0.2, 0.25) is 5.95 Å². The van der Waals surface area contributed by atoms with Gasteiger partial charge in [-0.15, -0.1) is 0 Å². The quantitative estimate of drug-likeness (QED) is 0.714. The van der Waals surface area contributed by atoms with Gasteiger partial charge in [-0.2, -0.15) is 0 Å². The van der Waals surface area contributed by atoms with Gasteiger partial charge in [0.1, 0.15) is 0 Å². The highest BCUT2D eigenvalue weighted by Crippen LogP contribution is 2.18. The second kappa shape index (κ2) is 7.59. The minimum absolute atomic E-state index is 0.0498. The first-order chi connectivity index (χ1) is 12.8. The van der Waals surface area contributed by atoms with Crippen LogP contribution in [0.4, 0.5) is 5.95 Å². The molecule has 8 nitrogen and oxygen atoms in total. The van der Waals surface area contributed by atoms with Crippen LogP contribution in [0.1, 0.15) is 12.0 Å². The van der Waals surface area contributed by atoms with Gasteiger partial charge in [0, 0.05) is 50.0 Å². The van der Waals surface area contributed by atoms with Gasteiger partial charge in [-0.3, -0.25) is 4.90 Å². The molecule has 3 aromatic rings. The number of hydrogen-bond donors (Lipinski definition) is 2. The van der Waals surface area contributed by atoms with Crippen molar-refractivity contribution in [2.75, 3.05) is 18.4 Å². The monoisotopic (exact) mass is 352 g/mol. The fraction of sp³-hybridized carbons (Fsp3) is 0.333. The fourth-order valence-electron chi connectivity index (χ4n) is 3.08. The number of piperidine rings is 1. The number of rotatable bonds is 5. The predicted molar refractivity (Wildman–Crippen MR) is 95.1 cm³/mol. The van der Waals surface area contributed by atoms with E-state index in [0.717, 1.165) is 18.5 Å². The third-order valence-electron chi connectivity index (χ3n) is 4.40. The molecule has 2 N–H and O–H groups in total. The van der Waals surface area contributed by atoms with Gasteiger partial charge in [0.25, 0.3) is 0 Å². The van der Waals surface area contributed by atoms with E-state index in [9.17, 15) is 5.11 Å². The minimum Gasteiger partial charge on any atom is -0.461 e. The number of hydrogen-bond acceptors (Lipinski definition) is 8. The van der Waals surface area contributed by atoms with Crippen molar-refractivity contribution in [1.29, 1.82) is 0 Å². The standard InChI is InChI=1S/C18H20N6O2/c25-15-12-24(7-4-14(15)23-18-19-5-2-6-20-18)11-13-9-21-17(22-10-13)16-3-1-8-26-16/h1-3,5-6,8-10,14-15,25H,4,7,11-12H2,(H,19,20,23). The van der Waals surface area contributed by atoms with E-state index in [1.165, 1.54) is 0 Å². The van der Waals surface area contributed by atoms with E-state index >= 15 is 0 Å². The Hall–Kier alpha value is -2.84. The molecule has 0 amide bonds. The molecule has 0 bridgehead atoms. The van der Waals surface area contributed by atoms with Crippen molar-refractivity contribution in [3.8, 4) is 11.6 Å². The zero-order chi connectivity index (χ0) is 17.8. The molecule has 1 saturated heterocycles. The number of nitrogens with one attached hydrogen (secondary N) is 1. The lowest BCUT2D eigenvalue weighted by molar-refractivity contribution is 0.0558. The summed E-state index contributed by atoms with van der Waals surface area (Å²) in [6.07, 6.45) is 8.90. The van der Waals surface area contributed by atoms with Crippen LogP contribution in [-0.4, -0.2) is 55.2 Å². The lowest BCUT2D eigenvalue weighted by atomic mass is 10.0. The number of likely N-dealkylation sites (tertiary alicyclic amines) is 1. The molecule has 134 valence electrons. The third kappa shape index (κ3) is 3.87. The van der Waals surface area contributed by atoms with Crippen molar-refractivity contribution in [1.82, 2.24) is 24.8 Å². The van der Waals surface area contributed by atoms with E-state index in [4.69, 9.17) is 4.42 Å². The maximum atomic E-state index is 10.4. The Morgan fingerprint density at radius 3 is 2.65 bits per heavy atom. The number of aromatic nitrogens is 4. The molecular weight excluding hydrogens is 332 g/mol. The van der Waals surface area contributed by atoms with Gasteiger partial charge in [-0.1, -0.05) is 0 Å². The van der Waals surface area contributed by atoms with Crippen molar-refractivity contribution < 1.29 is 9.52 Å². The van der Waals surface area contributed by atoms with E-state index in [-0.39, 0.29) is 6.04 Å². The van der Waals surface area contributed by atoms with Crippen LogP contribution in [0.25, 0.3) is 11.6 Å². The Morgan fingerprint density at radius 2 is 1.96 bits per heavy atom. The van der Waals surface area contributed by atoms with Gasteiger partial charge in [-0.25, -0.2) is 19.9 Å². The number of anilines is 1. The average Bonchev–Trinajstić information content (AvgIpc) is 3.20. The number of aliphatic hydroxyl groups excluding tert-OH is 1. The van der Waals surface area contributed by atoms with Gasteiger partial charge in [0.05, 0.1) is 18.4 Å². The first kappa shape index (κ1) is 16.6. The maximum Gasteiger partial charge on any atom is 0.222 e. The molecule has 0 saturated carbocycles. The van der Waals surface area contributed by atoms with Crippen LogP contribution in [0.15, 0.2) is 53.7 Å². The summed E-state index contributed by atoms with van der Waals surface area (Å²) in [6.45, 7) is 2.13. The molecule has 1 fully saturated rings. The lowest BCUT2D eigenvalue weighted by Crippen LogP contribution is -2.49. The van der Waals surface area contributed by atoms with Crippen molar-refractivity contribution in [2.24, 2.45) is 0 Å². The summed E-state index contributed by atoms with van der Waals surface area (Å²) in [5.74, 6) is 1.78. The van der Waals surface area contributed by atoms with E-state index in [1.807, 2.05) is 12.1 Å². The third-order valence-corrected chi connectivity index (χ3v) is 4.40. The molecular formula is C18H20N6O2. The SMILES string of the molecule is OC1CN(Cc2cnc(-c3ccco3)nc2)CCC1Nc1ncccn1. The van der Waals surface area contributed by atoms with Crippen molar-refractivity contribution in [2.45, 2.75) is 25.1 Å². The van der Waals surface area contributed by atoms with Crippen LogP contribution in [0.5, 0.6) is 0 Å². The normalized spacial score (nSPS) is 20.8. The van der Waals surface area contributed by atoms with Gasteiger partial charge in [-0.05, 0) is 24.6 Å². The number of furan rings is 1. The van der Waals surface area contributed by atoms with Crippen LogP contribution in [0, 0.1) is 0 Å². The second-order valence-corrected chi connectivity index (χ2v) is 6.31. The summed E-state index contributed by atoms with van der Waals surface area (Å²) < 4.78 is 5.30. The van der Waals surface area contributed by atoms with Crippen LogP contribution in [0.3, 0.4) is 0 Å². The Bertz CT molecular complexity index is 809. The Labute approximate surface area is 151 Å². The summed E-state index contributed by atoms with van der Waals surface area (Å²) in [7, 11) is 0. The highest BCUT2D eigenvalue weighted by Gasteiger charge is 2.28. The molecule has 26 heavy (non-hydrogen) atoms. The van der Waals surface area contributed by atoms with Crippen LogP contribution in [0.2, 0.25) is 0 Å². The predicted octanol–water partition coefficient (Wildman–Crippen LogP) is 1.57. The molecule has 0 aliphatic carbocycles. The first-order valence-electron chi connectivity index (χ1n) is 8.57. The zero-order valence-corrected chi connectivity index (χ0v) is 14.2. The molecule has 4 heterocycles. The van der Waals surface area contributed by atoms with E-state index in [2.05, 4.69) is 30.2 Å². The highest BCUT2D eigenvalue weighted by molar-refractivity contribution is 5.45. The average molecular weight is 352 g/mol. The summed E-state index contributed by atoms with van der Waals surface area (Å²) in [5, 5.41) is 13.6. The summed E-state index contributed by atoms with van der Waals surface area (Å²) >= 11 is 0. The van der Waals surface area contributed by atoms with Crippen LogP contribution in [-0.2, 0) is 6.54 Å². The number of nitrogens with zero attached hydrogens (tertiary/aromatic N) is 5. The molecule has 2 unspecified atom stereocenters. The Morgan fingerprint density at radius 1 is 1.15 bits per heavy atom. The topological polar surface area (TPSA) is 100 Å². The molecule has 4 rings (SSSR count). The fourth-order valence-corrected chi connectivity index (χ4v) is 3.08. The summed E-state index contributed by atoms with van der Waals surface area (Å²) in [5.41, 5.74) is 1.00. The van der Waals surface area contributed by atoms with Crippen molar-refractivity contribution in [3.05, 3.63) is 54.8 Å². The van der Waals surface area contributed by atoms with Crippen LogP contribution >= 0.6 is 0 Å². The smallest absolute Gasteiger partial charge is 0.222 e. The minimum atomic E-state index is -0.490. The van der Waals surface area contributed by atoms with E-state index in [0.29, 0.717) is 30.6 Å². The van der Waals surface area contributed by atoms with Crippen molar-refractivity contribution in [3.63, 3.8) is 0 Å². The summed E-state index contributed by atoms with van der Waals surface area (Å²) in [6, 6.07) is 5.36. The molecule has 0 aromatic carbocycles. The maximum absolute atomic E-state index is 10.4. The molecule has 3 aromatic heterocycles. The molecule has 1 aliphatic rings. The van der Waals surface area contributed by atoms with Crippen LogP contribution < -0.4 is 5.32 Å². The molecule has 0 radical (unpaired) electrons. The molecule has 0 spiro atoms.